The highest BCUT2D eigenvalue weighted by Crippen LogP contribution is 2.26. The molecule has 6 heteroatoms. The van der Waals surface area contributed by atoms with Crippen molar-refractivity contribution in [3.8, 4) is 5.75 Å². The van der Waals surface area contributed by atoms with E-state index in [-0.39, 0.29) is 23.8 Å². The van der Waals surface area contributed by atoms with Crippen LogP contribution in [0, 0.1) is 11.8 Å². The van der Waals surface area contributed by atoms with E-state index in [1.54, 1.807) is 11.8 Å². The molecule has 0 saturated carbocycles. The molecule has 136 valence electrons. The first-order valence-electron chi connectivity index (χ1n) is 9.07. The van der Waals surface area contributed by atoms with Crippen LogP contribution in [0.1, 0.15) is 25.3 Å². The third-order valence-electron chi connectivity index (χ3n) is 4.84. The van der Waals surface area contributed by atoms with E-state index in [2.05, 4.69) is 11.4 Å². The summed E-state index contributed by atoms with van der Waals surface area (Å²) >= 11 is 0. The van der Waals surface area contributed by atoms with E-state index in [0.29, 0.717) is 32.8 Å². The Bertz CT molecular complexity index is 619. The van der Waals surface area contributed by atoms with Gasteiger partial charge in [0.1, 0.15) is 5.75 Å². The summed E-state index contributed by atoms with van der Waals surface area (Å²) in [6.07, 6.45) is 2.23. The van der Waals surface area contributed by atoms with Crippen LogP contribution in [-0.4, -0.2) is 49.7 Å². The molecule has 1 saturated heterocycles. The van der Waals surface area contributed by atoms with Crippen molar-refractivity contribution in [1.82, 2.24) is 10.2 Å². The van der Waals surface area contributed by atoms with Crippen LogP contribution in [0.15, 0.2) is 24.3 Å². The predicted molar refractivity (Wildman–Crippen MR) is 93.5 cm³/mol. The van der Waals surface area contributed by atoms with Gasteiger partial charge in [0.15, 0.2) is 0 Å². The quantitative estimate of drug-likeness (QED) is 0.908. The highest BCUT2D eigenvalue weighted by atomic mass is 16.6. The van der Waals surface area contributed by atoms with Gasteiger partial charge in [0.25, 0.3) is 0 Å². The van der Waals surface area contributed by atoms with E-state index in [9.17, 15) is 9.59 Å². The van der Waals surface area contributed by atoms with E-state index in [1.807, 2.05) is 18.2 Å². The third-order valence-corrected chi connectivity index (χ3v) is 4.84. The predicted octanol–water partition coefficient (Wildman–Crippen LogP) is 2.22. The van der Waals surface area contributed by atoms with Crippen molar-refractivity contribution in [3.63, 3.8) is 0 Å². The molecule has 2 heterocycles. The Labute approximate surface area is 148 Å². The Kier molecular flexibility index (Phi) is 5.79. The summed E-state index contributed by atoms with van der Waals surface area (Å²) in [5.41, 5.74) is 1.19. The minimum absolute atomic E-state index is 0.0212. The molecule has 0 spiro atoms. The molecular weight excluding hydrogens is 320 g/mol. The Morgan fingerprint density at radius 2 is 2.20 bits per heavy atom. The number of likely N-dealkylation sites (tertiary alicyclic amines) is 1. The van der Waals surface area contributed by atoms with Crippen LogP contribution in [0.2, 0.25) is 0 Å². The first-order chi connectivity index (χ1) is 12.2. The second-order valence-electron chi connectivity index (χ2n) is 6.72. The lowest BCUT2D eigenvalue weighted by molar-refractivity contribution is -0.126. The number of hydrogen-bond donors (Lipinski definition) is 1. The average Bonchev–Trinajstić information content (AvgIpc) is 2.66. The Morgan fingerprint density at radius 3 is 3.04 bits per heavy atom. The fourth-order valence-corrected chi connectivity index (χ4v) is 3.48. The second kappa shape index (κ2) is 8.23. The summed E-state index contributed by atoms with van der Waals surface area (Å²) in [5, 5.41) is 3.05. The molecule has 2 atom stereocenters. The number of para-hydroxylation sites is 1. The van der Waals surface area contributed by atoms with Crippen LogP contribution in [-0.2, 0) is 16.0 Å². The van der Waals surface area contributed by atoms with Gasteiger partial charge in [-0.1, -0.05) is 18.2 Å². The van der Waals surface area contributed by atoms with Gasteiger partial charge in [0.05, 0.1) is 19.1 Å². The number of carbonyl (C=O) groups is 2. The smallest absolute Gasteiger partial charge is 0.409 e. The molecule has 1 aromatic rings. The van der Waals surface area contributed by atoms with Crippen LogP contribution >= 0.6 is 0 Å². The van der Waals surface area contributed by atoms with Gasteiger partial charge >= 0.3 is 6.09 Å². The molecule has 1 fully saturated rings. The second-order valence-corrected chi connectivity index (χ2v) is 6.72. The van der Waals surface area contributed by atoms with Gasteiger partial charge in [-0.2, -0.15) is 0 Å². The Morgan fingerprint density at radius 1 is 1.36 bits per heavy atom. The van der Waals surface area contributed by atoms with Crippen molar-refractivity contribution in [2.75, 3.05) is 32.8 Å². The molecule has 25 heavy (non-hydrogen) atoms. The minimum atomic E-state index is -0.322. The van der Waals surface area contributed by atoms with Gasteiger partial charge in [-0.05, 0) is 37.8 Å². The summed E-state index contributed by atoms with van der Waals surface area (Å²) in [4.78, 5) is 26.0. The monoisotopic (exact) mass is 346 g/mol. The molecule has 6 nitrogen and oxygen atoms in total. The standard InChI is InChI=1S/C19H26N2O4/c1-2-24-19(23)21-9-5-7-16(12-21)18(22)20-11-14-10-15-6-3-4-8-17(15)25-13-14/h3-4,6,8,14,16H,2,5,7,9-13H2,1H3,(H,20,22). The molecule has 0 radical (unpaired) electrons. The van der Waals surface area contributed by atoms with Crippen LogP contribution in [0.25, 0.3) is 0 Å². The number of carbonyl (C=O) groups excluding carboxylic acids is 2. The summed E-state index contributed by atoms with van der Waals surface area (Å²) in [5.74, 6) is 1.09. The lowest BCUT2D eigenvalue weighted by Crippen LogP contribution is -2.46. The minimum Gasteiger partial charge on any atom is -0.493 e. The molecule has 3 rings (SSSR count). The van der Waals surface area contributed by atoms with Crippen molar-refractivity contribution in [1.29, 1.82) is 0 Å². The summed E-state index contributed by atoms with van der Waals surface area (Å²) in [6, 6.07) is 8.03. The van der Waals surface area contributed by atoms with E-state index in [1.165, 1.54) is 5.56 Å². The molecule has 2 amide bonds. The van der Waals surface area contributed by atoms with Crippen molar-refractivity contribution in [2.45, 2.75) is 26.2 Å². The molecule has 1 aromatic carbocycles. The van der Waals surface area contributed by atoms with Crippen molar-refractivity contribution >= 4 is 12.0 Å². The van der Waals surface area contributed by atoms with Crippen molar-refractivity contribution in [3.05, 3.63) is 29.8 Å². The molecule has 2 aliphatic rings. The van der Waals surface area contributed by atoms with Crippen LogP contribution < -0.4 is 10.1 Å². The number of benzene rings is 1. The Balaban J connectivity index is 1.47. The number of nitrogens with zero attached hydrogens (tertiary/aromatic N) is 1. The molecule has 2 aliphatic heterocycles. The summed E-state index contributed by atoms with van der Waals surface area (Å²) in [7, 11) is 0. The third kappa shape index (κ3) is 4.44. The molecule has 0 bridgehead atoms. The zero-order valence-electron chi connectivity index (χ0n) is 14.7. The molecule has 1 N–H and O–H groups in total. The fourth-order valence-electron chi connectivity index (χ4n) is 3.48. The Hall–Kier alpha value is -2.24. The summed E-state index contributed by atoms with van der Waals surface area (Å²) in [6.45, 7) is 4.47. The van der Waals surface area contributed by atoms with Gasteiger partial charge in [-0.25, -0.2) is 4.79 Å². The number of piperidine rings is 1. The maximum atomic E-state index is 12.5. The van der Waals surface area contributed by atoms with Crippen molar-refractivity contribution < 1.29 is 19.1 Å². The first-order valence-corrected chi connectivity index (χ1v) is 9.07. The molecule has 0 aliphatic carbocycles. The SMILES string of the molecule is CCOC(=O)N1CCCC(C(=O)NCC2COc3ccccc3C2)C1. The highest BCUT2D eigenvalue weighted by molar-refractivity contribution is 5.80. The first kappa shape index (κ1) is 17.6. The number of nitrogens with one attached hydrogen (secondary N) is 1. The van der Waals surface area contributed by atoms with Gasteiger partial charge in [0.2, 0.25) is 5.91 Å². The number of hydrogen-bond acceptors (Lipinski definition) is 4. The number of fused-ring (bicyclic) bond motifs is 1. The van der Waals surface area contributed by atoms with Gasteiger partial charge in [-0.3, -0.25) is 4.79 Å². The lowest BCUT2D eigenvalue weighted by atomic mass is 9.95. The fraction of sp³-hybridized carbons (Fsp3) is 0.579. The van der Waals surface area contributed by atoms with Crippen LogP contribution in [0.3, 0.4) is 0 Å². The zero-order valence-corrected chi connectivity index (χ0v) is 14.7. The van der Waals surface area contributed by atoms with Gasteiger partial charge in [0, 0.05) is 25.6 Å². The van der Waals surface area contributed by atoms with E-state index >= 15 is 0 Å². The maximum Gasteiger partial charge on any atom is 0.409 e. The number of ether oxygens (including phenoxy) is 2. The maximum absolute atomic E-state index is 12.5. The summed E-state index contributed by atoms with van der Waals surface area (Å²) < 4.78 is 10.8. The van der Waals surface area contributed by atoms with Crippen molar-refractivity contribution in [2.24, 2.45) is 11.8 Å². The van der Waals surface area contributed by atoms with Crippen LogP contribution in [0.5, 0.6) is 5.75 Å². The lowest BCUT2D eigenvalue weighted by Gasteiger charge is -2.32. The normalized spacial score (nSPS) is 22.5. The van der Waals surface area contributed by atoms with Gasteiger partial charge in [-0.15, -0.1) is 0 Å². The highest BCUT2D eigenvalue weighted by Gasteiger charge is 2.29. The van der Waals surface area contributed by atoms with E-state index in [0.717, 1.165) is 25.0 Å². The average molecular weight is 346 g/mol. The van der Waals surface area contributed by atoms with Gasteiger partial charge < -0.3 is 19.7 Å². The molecule has 2 unspecified atom stereocenters. The number of amides is 2. The van der Waals surface area contributed by atoms with E-state index in [4.69, 9.17) is 9.47 Å². The van der Waals surface area contributed by atoms with E-state index < -0.39 is 0 Å². The molecule has 0 aromatic heterocycles. The molecular formula is C19H26N2O4. The van der Waals surface area contributed by atoms with Crippen LogP contribution in [0.4, 0.5) is 4.79 Å². The topological polar surface area (TPSA) is 67.9 Å². The zero-order chi connectivity index (χ0) is 17.6. The number of rotatable bonds is 4. The largest absolute Gasteiger partial charge is 0.493 e.